The summed E-state index contributed by atoms with van der Waals surface area (Å²) in [6, 6.07) is 8.87. The van der Waals surface area contributed by atoms with Gasteiger partial charge in [0, 0.05) is 18.3 Å². The van der Waals surface area contributed by atoms with E-state index in [0.29, 0.717) is 36.3 Å². The number of allylic oxidation sites excluding steroid dienone is 1. The van der Waals surface area contributed by atoms with E-state index in [1.807, 2.05) is 24.3 Å². The maximum Gasteiger partial charge on any atom is 0.252 e. The first-order valence-electron chi connectivity index (χ1n) is 11.7. The van der Waals surface area contributed by atoms with Gasteiger partial charge in [0.2, 0.25) is 0 Å². The SMILES string of the molecule is O=c1[nH]cccc1CN1CCC(C=Cc2c(F)cccc2OCC2CCCCC2)CC1. The van der Waals surface area contributed by atoms with E-state index in [1.165, 1.54) is 38.2 Å². The fourth-order valence-electron chi connectivity index (χ4n) is 4.72. The highest BCUT2D eigenvalue weighted by atomic mass is 19.1. The molecule has 0 radical (unpaired) electrons. The zero-order chi connectivity index (χ0) is 21.5. The number of likely N-dealkylation sites (tertiary alicyclic amines) is 1. The predicted molar refractivity (Wildman–Crippen MR) is 123 cm³/mol. The van der Waals surface area contributed by atoms with Crippen LogP contribution in [0.4, 0.5) is 4.39 Å². The van der Waals surface area contributed by atoms with E-state index in [2.05, 4.69) is 16.0 Å². The van der Waals surface area contributed by atoms with Crippen LogP contribution < -0.4 is 10.3 Å². The number of halogens is 1. The first kappa shape index (κ1) is 21.8. The normalized spacial score (nSPS) is 19.1. The van der Waals surface area contributed by atoms with Crippen molar-refractivity contribution in [2.75, 3.05) is 19.7 Å². The lowest BCUT2D eigenvalue weighted by Crippen LogP contribution is -2.34. The first-order valence-corrected chi connectivity index (χ1v) is 11.7. The second kappa shape index (κ2) is 10.8. The number of piperidine rings is 1. The lowest BCUT2D eigenvalue weighted by atomic mass is 9.90. The molecule has 0 bridgehead atoms. The number of aromatic amines is 1. The summed E-state index contributed by atoms with van der Waals surface area (Å²) in [5.41, 5.74) is 1.36. The average Bonchev–Trinajstić information content (AvgIpc) is 2.80. The number of pyridine rings is 1. The van der Waals surface area contributed by atoms with Crippen LogP contribution in [0, 0.1) is 17.7 Å². The molecule has 1 aromatic carbocycles. The van der Waals surface area contributed by atoms with Crippen LogP contribution in [0.2, 0.25) is 0 Å². The maximum atomic E-state index is 14.5. The van der Waals surface area contributed by atoms with Crippen LogP contribution in [-0.2, 0) is 6.54 Å². The van der Waals surface area contributed by atoms with Gasteiger partial charge in [-0.1, -0.05) is 43.5 Å². The number of H-pyrrole nitrogens is 1. The molecule has 4 nitrogen and oxygen atoms in total. The molecule has 166 valence electrons. The summed E-state index contributed by atoms with van der Waals surface area (Å²) in [5.74, 6) is 1.44. The third-order valence-corrected chi connectivity index (χ3v) is 6.67. The number of rotatable bonds is 7. The average molecular weight is 425 g/mol. The zero-order valence-corrected chi connectivity index (χ0v) is 18.2. The quantitative estimate of drug-likeness (QED) is 0.647. The summed E-state index contributed by atoms with van der Waals surface area (Å²) in [5, 5.41) is 0. The summed E-state index contributed by atoms with van der Waals surface area (Å²) in [4.78, 5) is 16.9. The van der Waals surface area contributed by atoms with E-state index in [-0.39, 0.29) is 11.4 Å². The van der Waals surface area contributed by atoms with Gasteiger partial charge in [0.15, 0.2) is 0 Å². The molecule has 1 aliphatic heterocycles. The molecule has 1 aromatic heterocycles. The van der Waals surface area contributed by atoms with Crippen LogP contribution in [0.1, 0.15) is 56.1 Å². The van der Waals surface area contributed by atoms with Gasteiger partial charge in [-0.15, -0.1) is 0 Å². The lowest BCUT2D eigenvalue weighted by molar-refractivity contribution is 0.195. The third-order valence-electron chi connectivity index (χ3n) is 6.67. The molecule has 1 aliphatic carbocycles. The Labute approximate surface area is 184 Å². The zero-order valence-electron chi connectivity index (χ0n) is 18.2. The number of hydrogen-bond acceptors (Lipinski definition) is 3. The van der Waals surface area contributed by atoms with E-state index in [4.69, 9.17) is 4.74 Å². The molecule has 31 heavy (non-hydrogen) atoms. The fraction of sp³-hybridized carbons (Fsp3) is 0.500. The van der Waals surface area contributed by atoms with Crippen molar-refractivity contribution in [2.24, 2.45) is 11.8 Å². The fourth-order valence-corrected chi connectivity index (χ4v) is 4.72. The molecule has 2 fully saturated rings. The van der Waals surface area contributed by atoms with Gasteiger partial charge >= 0.3 is 0 Å². The Bertz CT molecular complexity index is 925. The monoisotopic (exact) mass is 424 g/mol. The van der Waals surface area contributed by atoms with Crippen molar-refractivity contribution >= 4 is 6.08 Å². The lowest BCUT2D eigenvalue weighted by Gasteiger charge is -2.30. The summed E-state index contributed by atoms with van der Waals surface area (Å²) in [6.45, 7) is 3.23. The Kier molecular flexibility index (Phi) is 7.57. The van der Waals surface area contributed by atoms with Crippen molar-refractivity contribution < 1.29 is 9.13 Å². The molecule has 2 aromatic rings. The first-order chi connectivity index (χ1) is 15.2. The molecule has 1 saturated heterocycles. The summed E-state index contributed by atoms with van der Waals surface area (Å²) < 4.78 is 20.6. The standard InChI is InChI=1S/C26H33FN2O2/c27-24-9-4-10-25(31-19-21-6-2-1-3-7-21)23(24)12-11-20-13-16-29(17-14-20)18-22-8-5-15-28-26(22)30/h4-5,8-12,15,20-21H,1-3,6-7,13-14,16-19H2,(H,28,30). The number of benzene rings is 1. The smallest absolute Gasteiger partial charge is 0.252 e. The minimum absolute atomic E-state index is 0.00942. The summed E-state index contributed by atoms with van der Waals surface area (Å²) in [6.07, 6.45) is 14.0. The number of hydrogen-bond donors (Lipinski definition) is 1. The van der Waals surface area contributed by atoms with Crippen molar-refractivity contribution in [3.63, 3.8) is 0 Å². The number of aromatic nitrogens is 1. The van der Waals surface area contributed by atoms with Gasteiger partial charge in [0.05, 0.1) is 12.2 Å². The minimum atomic E-state index is -0.224. The molecule has 0 amide bonds. The highest BCUT2D eigenvalue weighted by Crippen LogP contribution is 2.29. The third kappa shape index (κ3) is 6.07. The molecular formula is C26H33FN2O2. The molecule has 0 unspecified atom stereocenters. The van der Waals surface area contributed by atoms with Gasteiger partial charge in [0.25, 0.3) is 5.56 Å². The van der Waals surface area contributed by atoms with Crippen LogP contribution in [0.5, 0.6) is 5.75 Å². The largest absolute Gasteiger partial charge is 0.493 e. The van der Waals surface area contributed by atoms with Gasteiger partial charge in [-0.05, 0) is 68.8 Å². The highest BCUT2D eigenvalue weighted by Gasteiger charge is 2.19. The van der Waals surface area contributed by atoms with E-state index in [1.54, 1.807) is 12.3 Å². The Morgan fingerprint density at radius 2 is 1.87 bits per heavy atom. The minimum Gasteiger partial charge on any atom is -0.493 e. The van der Waals surface area contributed by atoms with Gasteiger partial charge in [0.1, 0.15) is 11.6 Å². The van der Waals surface area contributed by atoms with Crippen molar-refractivity contribution in [3.8, 4) is 5.75 Å². The second-order valence-electron chi connectivity index (χ2n) is 8.96. The molecule has 2 heterocycles. The molecule has 0 atom stereocenters. The second-order valence-corrected chi connectivity index (χ2v) is 8.96. The molecule has 4 rings (SSSR count). The van der Waals surface area contributed by atoms with E-state index in [0.717, 1.165) is 31.5 Å². The van der Waals surface area contributed by atoms with Gasteiger partial charge < -0.3 is 9.72 Å². The molecule has 2 aliphatic rings. The van der Waals surface area contributed by atoms with Gasteiger partial charge in [-0.3, -0.25) is 9.69 Å². The molecule has 1 N–H and O–H groups in total. The Hall–Kier alpha value is -2.40. The van der Waals surface area contributed by atoms with Crippen LogP contribution in [0.3, 0.4) is 0 Å². The van der Waals surface area contributed by atoms with Crippen molar-refractivity contribution in [1.82, 2.24) is 9.88 Å². The molecular weight excluding hydrogens is 391 g/mol. The number of nitrogens with one attached hydrogen (secondary N) is 1. The van der Waals surface area contributed by atoms with E-state index >= 15 is 0 Å². The van der Waals surface area contributed by atoms with Crippen molar-refractivity contribution in [1.29, 1.82) is 0 Å². The van der Waals surface area contributed by atoms with Crippen molar-refractivity contribution in [3.05, 3.63) is 69.9 Å². The van der Waals surface area contributed by atoms with Crippen LogP contribution in [0.25, 0.3) is 6.08 Å². The molecule has 0 spiro atoms. The van der Waals surface area contributed by atoms with E-state index in [9.17, 15) is 9.18 Å². The number of ether oxygens (including phenoxy) is 1. The number of nitrogens with zero attached hydrogens (tertiary/aromatic N) is 1. The van der Waals surface area contributed by atoms with Gasteiger partial charge in [-0.2, -0.15) is 0 Å². The van der Waals surface area contributed by atoms with E-state index < -0.39 is 0 Å². The highest BCUT2D eigenvalue weighted by molar-refractivity contribution is 5.58. The summed E-state index contributed by atoms with van der Waals surface area (Å²) >= 11 is 0. The van der Waals surface area contributed by atoms with Crippen molar-refractivity contribution in [2.45, 2.75) is 51.5 Å². The topological polar surface area (TPSA) is 45.3 Å². The molecule has 1 saturated carbocycles. The Morgan fingerprint density at radius 1 is 1.06 bits per heavy atom. The van der Waals surface area contributed by atoms with Crippen LogP contribution in [0.15, 0.2) is 47.4 Å². The Morgan fingerprint density at radius 3 is 2.65 bits per heavy atom. The molecule has 5 heteroatoms. The van der Waals surface area contributed by atoms with Crippen LogP contribution in [-0.4, -0.2) is 29.6 Å². The van der Waals surface area contributed by atoms with Gasteiger partial charge in [-0.25, -0.2) is 4.39 Å². The van der Waals surface area contributed by atoms with Crippen LogP contribution >= 0.6 is 0 Å². The maximum absolute atomic E-state index is 14.5. The Balaban J connectivity index is 1.32. The predicted octanol–water partition coefficient (Wildman–Crippen LogP) is 5.40. The summed E-state index contributed by atoms with van der Waals surface area (Å²) in [7, 11) is 0.